The fourth-order valence-corrected chi connectivity index (χ4v) is 7.09. The van der Waals surface area contributed by atoms with Gasteiger partial charge in [-0.2, -0.15) is 0 Å². The minimum Gasteiger partial charge on any atom is -0.449 e. The summed E-state index contributed by atoms with van der Waals surface area (Å²) in [5.41, 5.74) is 9.83. The molecule has 7 heteroatoms. The first-order chi connectivity index (χ1) is 21.7. The summed E-state index contributed by atoms with van der Waals surface area (Å²) in [4.78, 5) is 21.7. The number of benzene rings is 3. The zero-order valence-corrected chi connectivity index (χ0v) is 27.1. The van der Waals surface area contributed by atoms with E-state index in [4.69, 9.17) is 14.7 Å². The second kappa shape index (κ2) is 12.9. The molecule has 1 saturated carbocycles. The highest BCUT2D eigenvalue weighted by Gasteiger charge is 2.26. The van der Waals surface area contributed by atoms with Crippen LogP contribution in [0.4, 0.5) is 4.79 Å². The maximum atomic E-state index is 11.2. The molecule has 0 spiro atoms. The lowest BCUT2D eigenvalue weighted by molar-refractivity contribution is 0.144. The fraction of sp³-hybridized carbons (Fsp3) is 0.395. The Bertz CT molecular complexity index is 1820. The van der Waals surface area contributed by atoms with E-state index in [1.54, 1.807) is 12.1 Å². The Morgan fingerprint density at radius 3 is 2.40 bits per heavy atom. The number of imidazole rings is 2. The van der Waals surface area contributed by atoms with Crippen LogP contribution in [0.2, 0.25) is 0 Å². The number of ether oxygens (including phenoxy) is 1. The summed E-state index contributed by atoms with van der Waals surface area (Å²) < 4.78 is 9.95. The van der Waals surface area contributed by atoms with Crippen molar-refractivity contribution in [1.82, 2.24) is 19.1 Å². The van der Waals surface area contributed by atoms with Gasteiger partial charge in [-0.1, -0.05) is 82.5 Å². The van der Waals surface area contributed by atoms with Crippen molar-refractivity contribution < 1.29 is 14.6 Å². The van der Waals surface area contributed by atoms with E-state index in [1.807, 2.05) is 24.3 Å². The van der Waals surface area contributed by atoms with E-state index in [-0.39, 0.29) is 0 Å². The summed E-state index contributed by atoms with van der Waals surface area (Å²) in [5, 5.41) is 9.18. The molecule has 0 radical (unpaired) electrons. The van der Waals surface area contributed by atoms with Gasteiger partial charge in [-0.05, 0) is 73.9 Å². The molecule has 1 N–H and O–H groups in total. The van der Waals surface area contributed by atoms with Crippen molar-refractivity contribution in [2.75, 3.05) is 0 Å². The Morgan fingerprint density at radius 1 is 0.978 bits per heavy atom. The molecule has 5 aromatic rings. The third-order valence-electron chi connectivity index (χ3n) is 9.22. The van der Waals surface area contributed by atoms with E-state index in [2.05, 4.69) is 68.0 Å². The molecule has 6 rings (SSSR count). The third kappa shape index (κ3) is 6.13. The molecule has 45 heavy (non-hydrogen) atoms. The molecule has 2 aromatic heterocycles. The Labute approximate surface area is 265 Å². The van der Waals surface area contributed by atoms with Crippen LogP contribution in [-0.2, 0) is 13.0 Å². The van der Waals surface area contributed by atoms with Crippen LogP contribution in [0.3, 0.4) is 0 Å². The van der Waals surface area contributed by atoms with Crippen molar-refractivity contribution in [3.63, 3.8) is 0 Å². The van der Waals surface area contributed by atoms with Crippen molar-refractivity contribution in [2.24, 2.45) is 0 Å². The molecule has 234 valence electrons. The minimum atomic E-state index is -1.32. The first kappa shape index (κ1) is 30.6. The number of hydrogen-bond donors (Lipinski definition) is 1. The van der Waals surface area contributed by atoms with Crippen LogP contribution in [-0.4, -0.2) is 30.4 Å². The van der Waals surface area contributed by atoms with Crippen molar-refractivity contribution >= 4 is 17.2 Å². The van der Waals surface area contributed by atoms with Crippen LogP contribution in [0.25, 0.3) is 33.5 Å². The maximum Gasteiger partial charge on any atom is 0.511 e. The topological polar surface area (TPSA) is 82.2 Å². The standard InChI is InChI=1S/C38H44N4O3/c1-6-12-34-39-36-25(4)21-29(37-40-35(24(2)3)26(5)42(37)30-13-8-7-9-14-30)22-32(36)41(34)23-27-17-19-28(20-18-27)31-15-10-11-16-33(31)45-38(43)44/h10-11,15-22,24,30H,6-9,12-14,23H2,1-5H3,(H,43,44). The van der Waals surface area contributed by atoms with Crippen LogP contribution in [0, 0.1) is 13.8 Å². The van der Waals surface area contributed by atoms with Gasteiger partial charge in [0.25, 0.3) is 0 Å². The summed E-state index contributed by atoms with van der Waals surface area (Å²) in [6.45, 7) is 11.8. The average molecular weight is 605 g/mol. The van der Waals surface area contributed by atoms with Crippen LogP contribution >= 0.6 is 0 Å². The monoisotopic (exact) mass is 604 g/mol. The molecule has 0 saturated heterocycles. The van der Waals surface area contributed by atoms with Crippen molar-refractivity contribution in [3.8, 4) is 28.3 Å². The van der Waals surface area contributed by atoms with Crippen molar-refractivity contribution in [3.05, 3.63) is 89.0 Å². The second-order valence-corrected chi connectivity index (χ2v) is 12.8. The van der Waals surface area contributed by atoms with E-state index in [0.29, 0.717) is 24.3 Å². The van der Waals surface area contributed by atoms with Crippen LogP contribution < -0.4 is 4.74 Å². The molecule has 0 atom stereocenters. The molecular formula is C38H44N4O3. The number of hydrogen-bond acceptors (Lipinski definition) is 4. The normalized spacial score (nSPS) is 14.0. The average Bonchev–Trinajstić information content (AvgIpc) is 3.56. The molecule has 0 unspecified atom stereocenters. The Morgan fingerprint density at radius 2 is 1.71 bits per heavy atom. The second-order valence-electron chi connectivity index (χ2n) is 12.8. The summed E-state index contributed by atoms with van der Waals surface area (Å²) in [7, 11) is 0. The molecule has 2 heterocycles. The van der Waals surface area contributed by atoms with Gasteiger partial charge in [-0.15, -0.1) is 0 Å². The number of fused-ring (bicyclic) bond motifs is 1. The first-order valence-electron chi connectivity index (χ1n) is 16.4. The zero-order valence-electron chi connectivity index (χ0n) is 27.1. The summed E-state index contributed by atoms with van der Waals surface area (Å²) >= 11 is 0. The van der Waals surface area contributed by atoms with Crippen LogP contribution in [0.5, 0.6) is 5.75 Å². The maximum absolute atomic E-state index is 11.2. The van der Waals surface area contributed by atoms with E-state index in [9.17, 15) is 9.90 Å². The van der Waals surface area contributed by atoms with E-state index in [1.165, 1.54) is 49.1 Å². The van der Waals surface area contributed by atoms with Gasteiger partial charge >= 0.3 is 6.16 Å². The summed E-state index contributed by atoms with van der Waals surface area (Å²) in [5.74, 6) is 2.87. The number of carbonyl (C=O) groups is 1. The highest BCUT2D eigenvalue weighted by atomic mass is 16.7. The number of aromatic nitrogens is 4. The largest absolute Gasteiger partial charge is 0.511 e. The van der Waals surface area contributed by atoms with Crippen molar-refractivity contribution in [1.29, 1.82) is 0 Å². The highest BCUT2D eigenvalue weighted by Crippen LogP contribution is 2.38. The SMILES string of the molecule is CCCc1nc2c(C)cc(-c3nc(C(C)C)c(C)n3C3CCCCC3)cc2n1Cc1ccc(-c2ccccc2OC(=O)O)cc1. The number of carboxylic acid groups (broad SMARTS) is 1. The molecule has 3 aromatic carbocycles. The lowest BCUT2D eigenvalue weighted by Gasteiger charge is -2.26. The third-order valence-corrected chi connectivity index (χ3v) is 9.22. The number of nitrogens with zero attached hydrogens (tertiary/aromatic N) is 4. The predicted octanol–water partition coefficient (Wildman–Crippen LogP) is 9.87. The fourth-order valence-electron chi connectivity index (χ4n) is 7.09. The minimum absolute atomic E-state index is 0.328. The lowest BCUT2D eigenvalue weighted by atomic mass is 9.94. The lowest BCUT2D eigenvalue weighted by Crippen LogP contribution is -2.15. The molecule has 1 aliphatic carbocycles. The van der Waals surface area contributed by atoms with Gasteiger partial charge in [0, 0.05) is 35.8 Å². The van der Waals surface area contributed by atoms with E-state index < -0.39 is 6.16 Å². The summed E-state index contributed by atoms with van der Waals surface area (Å²) in [6.07, 6.45) is 6.90. The molecule has 1 fully saturated rings. The summed E-state index contributed by atoms with van der Waals surface area (Å²) in [6, 6.07) is 20.6. The zero-order chi connectivity index (χ0) is 31.7. The number of aryl methyl sites for hydroxylation is 2. The van der Waals surface area contributed by atoms with E-state index >= 15 is 0 Å². The number of para-hydroxylation sites is 1. The van der Waals surface area contributed by atoms with Crippen molar-refractivity contribution in [2.45, 2.75) is 98.1 Å². The molecule has 0 aliphatic heterocycles. The van der Waals surface area contributed by atoms with Gasteiger partial charge in [0.1, 0.15) is 17.4 Å². The van der Waals surface area contributed by atoms with Crippen LogP contribution in [0.1, 0.15) is 99.6 Å². The van der Waals surface area contributed by atoms with Gasteiger partial charge in [0.05, 0.1) is 16.7 Å². The number of rotatable bonds is 9. The van der Waals surface area contributed by atoms with Gasteiger partial charge in [0.2, 0.25) is 0 Å². The highest BCUT2D eigenvalue weighted by molar-refractivity contribution is 5.85. The smallest absolute Gasteiger partial charge is 0.449 e. The molecular weight excluding hydrogens is 560 g/mol. The van der Waals surface area contributed by atoms with Gasteiger partial charge in [-0.25, -0.2) is 14.8 Å². The van der Waals surface area contributed by atoms with Gasteiger partial charge in [-0.3, -0.25) is 0 Å². The Hall–Kier alpha value is -4.39. The van der Waals surface area contributed by atoms with Gasteiger partial charge < -0.3 is 19.0 Å². The molecule has 1 aliphatic rings. The van der Waals surface area contributed by atoms with Gasteiger partial charge in [0.15, 0.2) is 0 Å². The Kier molecular flexibility index (Phi) is 8.79. The quantitative estimate of drug-likeness (QED) is 0.134. The predicted molar refractivity (Wildman–Crippen MR) is 180 cm³/mol. The molecule has 7 nitrogen and oxygen atoms in total. The first-order valence-corrected chi connectivity index (χ1v) is 16.4. The molecule has 0 amide bonds. The van der Waals surface area contributed by atoms with E-state index in [0.717, 1.165) is 57.8 Å². The van der Waals surface area contributed by atoms with Crippen LogP contribution in [0.15, 0.2) is 60.7 Å². The Balaban J connectivity index is 1.41. The molecule has 0 bridgehead atoms.